The SMILES string of the molecule is CCCCCCCN(C(=O)C(CC(N)=O)NC(=O)OC(C)(C)C)C(C(=O)NCCCC)c1ccc(C)cc1. The first-order chi connectivity index (χ1) is 17.9. The third-order valence-electron chi connectivity index (χ3n) is 5.96. The van der Waals surface area contributed by atoms with E-state index in [4.69, 9.17) is 10.5 Å². The van der Waals surface area contributed by atoms with E-state index in [1.165, 1.54) is 4.90 Å². The van der Waals surface area contributed by atoms with E-state index >= 15 is 0 Å². The summed E-state index contributed by atoms with van der Waals surface area (Å²) in [6, 6.07) is 5.26. The predicted molar refractivity (Wildman–Crippen MR) is 149 cm³/mol. The topological polar surface area (TPSA) is 131 Å². The summed E-state index contributed by atoms with van der Waals surface area (Å²) in [6.07, 6.45) is 5.20. The van der Waals surface area contributed by atoms with Gasteiger partial charge in [0, 0.05) is 13.1 Å². The highest BCUT2D eigenvalue weighted by Crippen LogP contribution is 2.25. The van der Waals surface area contributed by atoms with Crippen LogP contribution >= 0.6 is 0 Å². The molecule has 1 aromatic carbocycles. The molecule has 9 heteroatoms. The fraction of sp³-hybridized carbons (Fsp3) is 0.655. The number of nitrogens with one attached hydrogen (secondary N) is 2. The number of primary amides is 1. The molecule has 1 rings (SSSR count). The van der Waals surface area contributed by atoms with Crippen LogP contribution in [0.2, 0.25) is 0 Å². The molecule has 2 atom stereocenters. The van der Waals surface area contributed by atoms with Gasteiger partial charge in [0.15, 0.2) is 0 Å². The lowest BCUT2D eigenvalue weighted by Crippen LogP contribution is -2.54. The van der Waals surface area contributed by atoms with Crippen LogP contribution in [-0.2, 0) is 19.1 Å². The van der Waals surface area contributed by atoms with Crippen LogP contribution in [0.25, 0.3) is 0 Å². The van der Waals surface area contributed by atoms with Crippen molar-refractivity contribution in [2.24, 2.45) is 5.73 Å². The van der Waals surface area contributed by atoms with E-state index in [1.807, 2.05) is 38.1 Å². The van der Waals surface area contributed by atoms with Crippen molar-refractivity contribution in [2.75, 3.05) is 13.1 Å². The molecule has 2 unspecified atom stereocenters. The van der Waals surface area contributed by atoms with Gasteiger partial charge in [-0.25, -0.2) is 4.79 Å². The van der Waals surface area contributed by atoms with Crippen LogP contribution < -0.4 is 16.4 Å². The second-order valence-corrected chi connectivity index (χ2v) is 10.8. The average Bonchev–Trinajstić information content (AvgIpc) is 2.82. The zero-order chi connectivity index (χ0) is 28.7. The number of nitrogens with two attached hydrogens (primary N) is 1. The number of ether oxygens (including phenoxy) is 1. The number of amides is 4. The summed E-state index contributed by atoms with van der Waals surface area (Å²) >= 11 is 0. The monoisotopic (exact) mass is 532 g/mol. The van der Waals surface area contributed by atoms with E-state index in [1.54, 1.807) is 20.8 Å². The van der Waals surface area contributed by atoms with Gasteiger partial charge in [-0.05, 0) is 46.1 Å². The molecule has 0 bridgehead atoms. The van der Waals surface area contributed by atoms with Crippen LogP contribution in [0.3, 0.4) is 0 Å². The molecule has 0 aliphatic rings. The standard InChI is InChI=1S/C29H48N4O5/c1-7-9-11-12-13-19-33(27(36)23(20-24(30)34)32-28(37)38-29(4,5)6)25(26(35)31-18-10-8-2)22-16-14-21(3)15-17-22/h14-17,23,25H,7-13,18-20H2,1-6H3,(H2,30,34)(H,31,35)(H,32,37). The van der Waals surface area contributed by atoms with Crippen molar-refractivity contribution in [3.8, 4) is 0 Å². The van der Waals surface area contributed by atoms with E-state index in [0.717, 1.165) is 44.1 Å². The van der Waals surface area contributed by atoms with Crippen molar-refractivity contribution in [2.45, 2.75) is 111 Å². The van der Waals surface area contributed by atoms with Gasteiger partial charge in [0.2, 0.25) is 17.7 Å². The number of unbranched alkanes of at least 4 members (excludes halogenated alkanes) is 5. The Balaban J connectivity index is 3.42. The number of alkyl carbamates (subject to hydrolysis) is 1. The van der Waals surface area contributed by atoms with Crippen molar-refractivity contribution < 1.29 is 23.9 Å². The number of carbonyl (C=O) groups is 4. The Morgan fingerprint density at radius 2 is 1.55 bits per heavy atom. The Labute approximate surface area is 228 Å². The minimum atomic E-state index is -1.27. The Kier molecular flexibility index (Phi) is 14.5. The fourth-order valence-corrected chi connectivity index (χ4v) is 4.01. The van der Waals surface area contributed by atoms with E-state index in [0.29, 0.717) is 18.5 Å². The van der Waals surface area contributed by atoms with Crippen LogP contribution in [0.1, 0.15) is 103 Å². The molecule has 0 fully saturated rings. The predicted octanol–water partition coefficient (Wildman–Crippen LogP) is 4.52. The van der Waals surface area contributed by atoms with Crippen molar-refractivity contribution in [1.29, 1.82) is 0 Å². The Morgan fingerprint density at radius 3 is 2.11 bits per heavy atom. The molecule has 214 valence electrons. The van der Waals surface area contributed by atoms with Gasteiger partial charge in [0.25, 0.3) is 0 Å². The second kappa shape index (κ2) is 16.7. The lowest BCUT2D eigenvalue weighted by atomic mass is 10.00. The van der Waals surface area contributed by atoms with Gasteiger partial charge in [0.05, 0.1) is 6.42 Å². The molecule has 1 aromatic rings. The molecule has 0 saturated heterocycles. The molecule has 9 nitrogen and oxygen atoms in total. The van der Waals surface area contributed by atoms with Gasteiger partial charge in [-0.2, -0.15) is 0 Å². The van der Waals surface area contributed by atoms with Crippen molar-refractivity contribution in [3.05, 3.63) is 35.4 Å². The van der Waals surface area contributed by atoms with E-state index in [-0.39, 0.29) is 12.5 Å². The molecule has 0 heterocycles. The smallest absolute Gasteiger partial charge is 0.408 e. The van der Waals surface area contributed by atoms with Crippen LogP contribution in [0.5, 0.6) is 0 Å². The lowest BCUT2D eigenvalue weighted by molar-refractivity contribution is -0.143. The van der Waals surface area contributed by atoms with Gasteiger partial charge in [0.1, 0.15) is 17.7 Å². The van der Waals surface area contributed by atoms with Gasteiger partial charge >= 0.3 is 6.09 Å². The first kappa shape index (κ1) is 32.9. The number of carbonyl (C=O) groups excluding carboxylic acids is 4. The van der Waals surface area contributed by atoms with Gasteiger partial charge in [-0.1, -0.05) is 75.8 Å². The largest absolute Gasteiger partial charge is 0.444 e. The molecule has 0 radical (unpaired) electrons. The highest BCUT2D eigenvalue weighted by molar-refractivity contribution is 5.94. The lowest BCUT2D eigenvalue weighted by Gasteiger charge is -2.34. The van der Waals surface area contributed by atoms with Gasteiger partial charge in [-0.15, -0.1) is 0 Å². The first-order valence-electron chi connectivity index (χ1n) is 13.8. The van der Waals surface area contributed by atoms with Crippen LogP contribution in [0, 0.1) is 6.92 Å². The number of hydrogen-bond acceptors (Lipinski definition) is 5. The van der Waals surface area contributed by atoms with E-state index < -0.39 is 42.0 Å². The fourth-order valence-electron chi connectivity index (χ4n) is 4.01. The maximum Gasteiger partial charge on any atom is 0.408 e. The first-order valence-corrected chi connectivity index (χ1v) is 13.8. The average molecular weight is 533 g/mol. The molecular weight excluding hydrogens is 484 g/mol. The summed E-state index contributed by atoms with van der Waals surface area (Å²) in [5, 5.41) is 5.48. The Hall–Kier alpha value is -3.10. The third-order valence-corrected chi connectivity index (χ3v) is 5.96. The maximum absolute atomic E-state index is 14.0. The molecule has 0 aliphatic carbocycles. The maximum atomic E-state index is 14.0. The number of benzene rings is 1. The summed E-state index contributed by atoms with van der Waals surface area (Å²) in [7, 11) is 0. The molecule has 0 aromatic heterocycles. The second-order valence-electron chi connectivity index (χ2n) is 10.8. The highest BCUT2D eigenvalue weighted by atomic mass is 16.6. The molecule has 0 spiro atoms. The molecule has 0 saturated carbocycles. The number of rotatable bonds is 16. The van der Waals surface area contributed by atoms with Crippen LogP contribution in [0.4, 0.5) is 4.79 Å². The summed E-state index contributed by atoms with van der Waals surface area (Å²) < 4.78 is 5.32. The minimum Gasteiger partial charge on any atom is -0.444 e. The molecule has 0 aliphatic heterocycles. The van der Waals surface area contributed by atoms with E-state index in [2.05, 4.69) is 17.6 Å². The van der Waals surface area contributed by atoms with Crippen molar-refractivity contribution in [1.82, 2.24) is 15.5 Å². The van der Waals surface area contributed by atoms with Crippen molar-refractivity contribution in [3.63, 3.8) is 0 Å². The minimum absolute atomic E-state index is 0.285. The van der Waals surface area contributed by atoms with Crippen LogP contribution in [0.15, 0.2) is 24.3 Å². The van der Waals surface area contributed by atoms with Crippen molar-refractivity contribution >= 4 is 23.8 Å². The summed E-state index contributed by atoms with van der Waals surface area (Å²) in [5.41, 5.74) is 6.33. The van der Waals surface area contributed by atoms with Crippen LogP contribution in [-0.4, -0.2) is 53.4 Å². The van der Waals surface area contributed by atoms with E-state index in [9.17, 15) is 19.2 Å². The number of hydrogen-bond donors (Lipinski definition) is 3. The van der Waals surface area contributed by atoms with Gasteiger partial charge < -0.3 is 26.0 Å². The Morgan fingerprint density at radius 1 is 0.947 bits per heavy atom. The summed E-state index contributed by atoms with van der Waals surface area (Å²) in [6.45, 7) is 12.0. The summed E-state index contributed by atoms with van der Waals surface area (Å²) in [5.74, 6) is -1.61. The Bertz CT molecular complexity index is 895. The molecular formula is C29H48N4O5. The normalized spacial score (nSPS) is 12.8. The third kappa shape index (κ3) is 12.4. The quantitative estimate of drug-likeness (QED) is 0.269. The zero-order valence-corrected chi connectivity index (χ0v) is 24.1. The highest BCUT2D eigenvalue weighted by Gasteiger charge is 2.36. The number of nitrogens with zero attached hydrogens (tertiary/aromatic N) is 1. The zero-order valence-electron chi connectivity index (χ0n) is 24.1. The number of aryl methyl sites for hydroxylation is 1. The van der Waals surface area contributed by atoms with Gasteiger partial charge in [-0.3, -0.25) is 14.4 Å². The molecule has 4 N–H and O–H groups in total. The molecule has 38 heavy (non-hydrogen) atoms. The summed E-state index contributed by atoms with van der Waals surface area (Å²) in [4.78, 5) is 53.5. The molecule has 4 amide bonds.